The number of aryl methyl sites for hydroxylation is 1. The van der Waals surface area contributed by atoms with Crippen LogP contribution in [0.15, 0.2) is 29.2 Å². The Morgan fingerprint density at radius 2 is 1.83 bits per heavy atom. The second-order valence-corrected chi connectivity index (χ2v) is 8.25. The van der Waals surface area contributed by atoms with Gasteiger partial charge in [0.2, 0.25) is 15.9 Å². The molecule has 1 amide bonds. The largest absolute Gasteiger partial charge is 0.353 e. The van der Waals surface area contributed by atoms with Crippen molar-refractivity contribution in [1.29, 1.82) is 0 Å². The van der Waals surface area contributed by atoms with Gasteiger partial charge < -0.3 is 5.32 Å². The molecule has 0 aromatic heterocycles. The highest BCUT2D eigenvalue weighted by atomic mass is 32.2. The van der Waals surface area contributed by atoms with Crippen molar-refractivity contribution in [3.8, 4) is 0 Å². The van der Waals surface area contributed by atoms with E-state index in [0.29, 0.717) is 30.8 Å². The topological polar surface area (TPSA) is 66.5 Å². The van der Waals surface area contributed by atoms with E-state index >= 15 is 0 Å². The zero-order valence-corrected chi connectivity index (χ0v) is 14.9. The minimum atomic E-state index is -3.43. The second kappa shape index (κ2) is 7.45. The van der Waals surface area contributed by atoms with Gasteiger partial charge in [-0.1, -0.05) is 31.5 Å². The summed E-state index contributed by atoms with van der Waals surface area (Å²) >= 11 is 0. The van der Waals surface area contributed by atoms with Crippen LogP contribution in [0.1, 0.15) is 38.7 Å². The molecule has 0 radical (unpaired) electrons. The van der Waals surface area contributed by atoms with Gasteiger partial charge in [-0.15, -0.1) is 0 Å². The first-order valence-corrected chi connectivity index (χ1v) is 9.65. The fourth-order valence-electron chi connectivity index (χ4n) is 2.63. The Morgan fingerprint density at radius 1 is 1.26 bits per heavy atom. The number of benzene rings is 1. The molecule has 1 aromatic rings. The molecule has 1 aliphatic heterocycles. The molecular formula is C17H26N2O3S. The lowest BCUT2D eigenvalue weighted by molar-refractivity contribution is -0.125. The van der Waals surface area contributed by atoms with E-state index in [1.54, 1.807) is 12.1 Å². The highest BCUT2D eigenvalue weighted by Gasteiger charge is 2.30. The first-order chi connectivity index (χ1) is 10.8. The number of carbonyl (C=O) groups excluding carboxylic acids is 1. The Morgan fingerprint density at radius 3 is 2.35 bits per heavy atom. The van der Waals surface area contributed by atoms with Gasteiger partial charge in [0.25, 0.3) is 0 Å². The van der Waals surface area contributed by atoms with Crippen LogP contribution in [0, 0.1) is 12.8 Å². The van der Waals surface area contributed by atoms with Gasteiger partial charge in [0.1, 0.15) is 0 Å². The molecule has 1 N–H and O–H groups in total. The van der Waals surface area contributed by atoms with E-state index in [2.05, 4.69) is 5.32 Å². The molecule has 2 rings (SSSR count). The monoisotopic (exact) mass is 338 g/mol. The number of rotatable bonds is 5. The lowest BCUT2D eigenvalue weighted by Gasteiger charge is -2.32. The number of carbonyl (C=O) groups is 1. The highest BCUT2D eigenvalue weighted by molar-refractivity contribution is 7.89. The first kappa shape index (κ1) is 17.9. The second-order valence-electron chi connectivity index (χ2n) is 6.31. The summed E-state index contributed by atoms with van der Waals surface area (Å²) in [5.41, 5.74) is 1.04. The number of nitrogens with one attached hydrogen (secondary N) is 1. The average Bonchev–Trinajstić information content (AvgIpc) is 2.55. The summed E-state index contributed by atoms with van der Waals surface area (Å²) in [4.78, 5) is 12.3. The SMILES string of the molecule is CCC(C)C(=O)NC1CCN(S(=O)(=O)c2ccc(C)cc2)CC1. The molecule has 1 saturated heterocycles. The minimum Gasteiger partial charge on any atom is -0.353 e. The van der Waals surface area contributed by atoms with E-state index in [9.17, 15) is 13.2 Å². The van der Waals surface area contributed by atoms with E-state index in [0.717, 1.165) is 12.0 Å². The summed E-state index contributed by atoms with van der Waals surface area (Å²) in [6, 6.07) is 7.00. The van der Waals surface area contributed by atoms with Crippen molar-refractivity contribution < 1.29 is 13.2 Å². The Bertz CT molecular complexity index is 632. The molecule has 0 aliphatic carbocycles. The smallest absolute Gasteiger partial charge is 0.243 e. The molecule has 1 heterocycles. The van der Waals surface area contributed by atoms with Gasteiger partial charge >= 0.3 is 0 Å². The number of sulfonamides is 1. The number of hydrogen-bond donors (Lipinski definition) is 1. The van der Waals surface area contributed by atoms with Crippen LogP contribution in [0.2, 0.25) is 0 Å². The quantitative estimate of drug-likeness (QED) is 0.896. The summed E-state index contributed by atoms with van der Waals surface area (Å²) in [6.07, 6.45) is 2.13. The fourth-order valence-corrected chi connectivity index (χ4v) is 4.10. The third-order valence-corrected chi connectivity index (χ3v) is 6.43. The van der Waals surface area contributed by atoms with Crippen LogP contribution in [-0.4, -0.2) is 37.8 Å². The maximum atomic E-state index is 12.6. The molecule has 0 bridgehead atoms. The summed E-state index contributed by atoms with van der Waals surface area (Å²) < 4.78 is 26.8. The number of amides is 1. The molecule has 1 unspecified atom stereocenters. The third-order valence-electron chi connectivity index (χ3n) is 4.52. The lowest BCUT2D eigenvalue weighted by atomic mass is 10.0. The van der Waals surface area contributed by atoms with Crippen LogP contribution in [0.25, 0.3) is 0 Å². The van der Waals surface area contributed by atoms with Crippen LogP contribution in [0.3, 0.4) is 0 Å². The van der Waals surface area contributed by atoms with E-state index < -0.39 is 10.0 Å². The van der Waals surface area contributed by atoms with Gasteiger partial charge in [0.15, 0.2) is 0 Å². The molecule has 1 aliphatic rings. The standard InChI is InChI=1S/C17H26N2O3S/c1-4-14(3)17(20)18-15-9-11-19(12-10-15)23(21,22)16-7-5-13(2)6-8-16/h5-8,14-15H,4,9-12H2,1-3H3,(H,18,20). The predicted molar refractivity (Wildman–Crippen MR) is 90.6 cm³/mol. The van der Waals surface area contributed by atoms with Gasteiger partial charge in [0.05, 0.1) is 4.90 Å². The van der Waals surface area contributed by atoms with E-state index in [4.69, 9.17) is 0 Å². The molecule has 23 heavy (non-hydrogen) atoms. The summed E-state index contributed by atoms with van der Waals surface area (Å²) in [7, 11) is -3.43. The zero-order chi connectivity index (χ0) is 17.0. The number of piperidine rings is 1. The Kier molecular flexibility index (Phi) is 5.81. The molecule has 5 nitrogen and oxygen atoms in total. The number of hydrogen-bond acceptors (Lipinski definition) is 3. The molecular weight excluding hydrogens is 312 g/mol. The van der Waals surface area contributed by atoms with Gasteiger partial charge in [-0.2, -0.15) is 4.31 Å². The predicted octanol–water partition coefficient (Wildman–Crippen LogP) is 2.31. The third kappa shape index (κ3) is 4.32. The van der Waals surface area contributed by atoms with Crippen LogP contribution in [0.4, 0.5) is 0 Å². The molecule has 128 valence electrons. The van der Waals surface area contributed by atoms with Crippen molar-refractivity contribution in [2.75, 3.05) is 13.1 Å². The molecule has 0 spiro atoms. The Labute approximate surface area is 139 Å². The molecule has 1 atom stereocenters. The van der Waals surface area contributed by atoms with Crippen molar-refractivity contribution in [2.45, 2.75) is 51.0 Å². The van der Waals surface area contributed by atoms with Crippen LogP contribution >= 0.6 is 0 Å². The lowest BCUT2D eigenvalue weighted by Crippen LogP contribution is -2.47. The van der Waals surface area contributed by atoms with Crippen LogP contribution < -0.4 is 5.32 Å². The maximum Gasteiger partial charge on any atom is 0.243 e. The Balaban J connectivity index is 1.96. The first-order valence-electron chi connectivity index (χ1n) is 8.21. The normalized spacial score (nSPS) is 18.6. The van der Waals surface area contributed by atoms with Gasteiger partial charge in [-0.05, 0) is 38.3 Å². The average molecular weight is 338 g/mol. The highest BCUT2D eigenvalue weighted by Crippen LogP contribution is 2.21. The molecule has 1 fully saturated rings. The zero-order valence-electron chi connectivity index (χ0n) is 14.1. The van der Waals surface area contributed by atoms with Crippen molar-refractivity contribution >= 4 is 15.9 Å². The van der Waals surface area contributed by atoms with E-state index in [1.165, 1.54) is 4.31 Å². The van der Waals surface area contributed by atoms with Gasteiger partial charge in [-0.3, -0.25) is 4.79 Å². The van der Waals surface area contributed by atoms with Crippen molar-refractivity contribution in [1.82, 2.24) is 9.62 Å². The van der Waals surface area contributed by atoms with E-state index in [-0.39, 0.29) is 17.9 Å². The summed E-state index contributed by atoms with van der Waals surface area (Å²) in [5, 5.41) is 3.03. The van der Waals surface area contributed by atoms with Crippen molar-refractivity contribution in [3.05, 3.63) is 29.8 Å². The summed E-state index contributed by atoms with van der Waals surface area (Å²) in [6.45, 7) is 6.72. The van der Waals surface area contributed by atoms with Crippen molar-refractivity contribution in [2.24, 2.45) is 5.92 Å². The van der Waals surface area contributed by atoms with E-state index in [1.807, 2.05) is 32.9 Å². The Hall–Kier alpha value is -1.40. The molecule has 0 saturated carbocycles. The maximum absolute atomic E-state index is 12.6. The van der Waals surface area contributed by atoms with Gasteiger partial charge in [-0.25, -0.2) is 8.42 Å². The van der Waals surface area contributed by atoms with Crippen LogP contribution in [0.5, 0.6) is 0 Å². The van der Waals surface area contributed by atoms with Crippen LogP contribution in [-0.2, 0) is 14.8 Å². The minimum absolute atomic E-state index is 0.00400. The summed E-state index contributed by atoms with van der Waals surface area (Å²) in [5.74, 6) is 0.0664. The number of nitrogens with zero attached hydrogens (tertiary/aromatic N) is 1. The molecule has 6 heteroatoms. The fraction of sp³-hybridized carbons (Fsp3) is 0.588. The van der Waals surface area contributed by atoms with Crippen molar-refractivity contribution in [3.63, 3.8) is 0 Å². The molecule has 1 aromatic carbocycles. The van der Waals surface area contributed by atoms with Gasteiger partial charge in [0, 0.05) is 25.0 Å².